The van der Waals surface area contributed by atoms with E-state index in [1.807, 2.05) is 60.7 Å². The molecule has 8 rings (SSSR count). The molecule has 2 bridgehead atoms. The molecule has 278 valence electrons. The first kappa shape index (κ1) is 44.3. The van der Waals surface area contributed by atoms with E-state index < -0.39 is 15.8 Å². The molecule has 6 aromatic carbocycles. The molecule has 6 aromatic rings. The molecule has 2 aliphatic rings. The van der Waals surface area contributed by atoms with E-state index >= 15 is 0 Å². The molecule has 5 heteroatoms. The van der Waals surface area contributed by atoms with E-state index in [4.69, 9.17) is 10.8 Å². The quantitative estimate of drug-likeness (QED) is 0.0634. The van der Waals surface area contributed by atoms with Gasteiger partial charge in [-0.05, 0) is 66.1 Å². The third-order valence-corrected chi connectivity index (χ3v) is 16.4. The first-order valence-corrected chi connectivity index (χ1v) is 21.5. The Hall–Kier alpha value is -4.08. The van der Waals surface area contributed by atoms with Gasteiger partial charge in [-0.3, -0.25) is 0 Å². The molecule has 0 radical (unpaired) electrons. The summed E-state index contributed by atoms with van der Waals surface area (Å²) in [6.07, 6.45) is 9.88. The van der Waals surface area contributed by atoms with Gasteiger partial charge in [0.1, 0.15) is 11.3 Å². The standard InChI is InChI=1S/C31H28P2.2C7H6N.C3H8.CH4.Pd/c1-5-13-26(14-6-1)32(27-15-7-2-8-16-27)30-24-21-22-25(23-24)31(30)33(28-17-9-3-10-18-28)29-19-11-4-12-20-29;2*8-6-7-4-2-1-3-5-7;1-3-2;;/h1-22,24-25,30-31H,23H2;2*1-6H;3H2,1-2H3;1H4;/q;2*-1;;;+2/p+2/t24-,25+,30+,31?;;;;;/m1...../s1. The number of hydrogen-bond acceptors (Lipinski definition) is 0. The van der Waals surface area contributed by atoms with Gasteiger partial charge in [0.2, 0.25) is 0 Å². The zero-order chi connectivity index (χ0) is 36.4. The minimum Gasteiger partial charge on any atom is -0.810 e. The van der Waals surface area contributed by atoms with Crippen LogP contribution in [0.3, 0.4) is 0 Å². The fraction of sp³-hybridized carbons (Fsp3) is 0.184. The van der Waals surface area contributed by atoms with Crippen LogP contribution >= 0.6 is 15.8 Å². The Balaban J connectivity index is 0.000000308. The van der Waals surface area contributed by atoms with Crippen LogP contribution in [0.25, 0.3) is 10.8 Å². The van der Waals surface area contributed by atoms with Gasteiger partial charge >= 0.3 is 20.4 Å². The predicted octanol–water partition coefficient (Wildman–Crippen LogP) is 11.1. The zero-order valence-electron chi connectivity index (χ0n) is 30.6. The van der Waals surface area contributed by atoms with Gasteiger partial charge in [-0.15, -0.1) is 0 Å². The maximum absolute atomic E-state index is 8.41. The second kappa shape index (κ2) is 24.4. The number of benzene rings is 6. The van der Waals surface area contributed by atoms with Crippen LogP contribution in [0.1, 0.15) is 45.2 Å². The molecule has 2 nitrogen and oxygen atoms in total. The molecule has 1 saturated carbocycles. The fourth-order valence-electron chi connectivity index (χ4n) is 7.26. The fourth-order valence-corrected chi connectivity index (χ4v) is 15.2. The van der Waals surface area contributed by atoms with Crippen molar-refractivity contribution in [3.8, 4) is 0 Å². The molecule has 0 aliphatic heterocycles. The number of fused-ring (bicyclic) bond motifs is 2. The summed E-state index contributed by atoms with van der Waals surface area (Å²) in [5.74, 6) is 1.39. The maximum Gasteiger partial charge on any atom is 2.00 e. The average Bonchev–Trinajstić information content (AvgIpc) is 3.84. The summed E-state index contributed by atoms with van der Waals surface area (Å²) in [5, 5.41) is 23.1. The van der Waals surface area contributed by atoms with Gasteiger partial charge < -0.3 is 10.8 Å². The molecule has 0 aromatic heterocycles. The van der Waals surface area contributed by atoms with E-state index in [-0.39, 0.29) is 27.8 Å². The van der Waals surface area contributed by atoms with E-state index in [1.165, 1.54) is 12.8 Å². The molecular weight excluding hydrogens is 785 g/mol. The molecule has 0 spiro atoms. The summed E-state index contributed by atoms with van der Waals surface area (Å²) in [6.45, 7) is 4.25. The molecular formula is C49H54N2P2Pd+2. The van der Waals surface area contributed by atoms with E-state index in [2.05, 4.69) is 147 Å². The normalized spacial score (nSPS) is 17.2. The van der Waals surface area contributed by atoms with Crippen molar-refractivity contribution in [1.29, 1.82) is 0 Å². The Morgan fingerprint density at radius 2 is 0.667 bits per heavy atom. The number of nitrogens with zero attached hydrogens (tertiary/aromatic N) is 2. The summed E-state index contributed by atoms with van der Waals surface area (Å²) in [4.78, 5) is 0. The van der Waals surface area contributed by atoms with Crippen molar-refractivity contribution >= 4 is 49.5 Å². The summed E-state index contributed by atoms with van der Waals surface area (Å²) in [5.41, 5.74) is 3.10. The Morgan fingerprint density at radius 3 is 0.870 bits per heavy atom. The second-order valence-electron chi connectivity index (χ2n) is 13.1. The van der Waals surface area contributed by atoms with Crippen molar-refractivity contribution < 1.29 is 20.4 Å². The first-order valence-electron chi connectivity index (χ1n) is 18.4. The number of allylic oxidation sites excluding steroid dienone is 2. The maximum atomic E-state index is 8.41. The van der Waals surface area contributed by atoms with Crippen LogP contribution < -0.4 is 21.2 Å². The zero-order valence-corrected chi connectivity index (χ0v) is 34.1. The Morgan fingerprint density at radius 1 is 0.444 bits per heavy atom. The van der Waals surface area contributed by atoms with Crippen molar-refractivity contribution in [2.45, 2.75) is 45.4 Å². The molecule has 2 aliphatic carbocycles. The molecule has 0 N–H and O–H groups in total. The van der Waals surface area contributed by atoms with E-state index in [1.54, 1.807) is 21.2 Å². The van der Waals surface area contributed by atoms with Crippen LogP contribution in [0, 0.1) is 11.8 Å². The van der Waals surface area contributed by atoms with Crippen molar-refractivity contribution in [3.05, 3.63) is 216 Å². The van der Waals surface area contributed by atoms with Crippen LogP contribution in [0.2, 0.25) is 0 Å². The van der Waals surface area contributed by atoms with E-state index in [0.29, 0.717) is 23.2 Å². The average molecular weight is 839 g/mol. The largest absolute Gasteiger partial charge is 2.00 e. The SMILES string of the molecule is C.C1=C[C@H]2C[C@@H]1[C@H]([PH+](c1ccccc1)c1ccccc1)C2[PH+](c1ccccc1)c1ccccc1.CCC.[N-]=Cc1ccccc1.[N-]=Cc1ccccc1.[Pd+2]. The van der Waals surface area contributed by atoms with Crippen LogP contribution in [-0.2, 0) is 20.4 Å². The molecule has 0 heterocycles. The van der Waals surface area contributed by atoms with E-state index in [9.17, 15) is 0 Å². The summed E-state index contributed by atoms with van der Waals surface area (Å²) >= 11 is 0. The monoisotopic (exact) mass is 838 g/mol. The molecule has 0 saturated heterocycles. The molecule has 1 fully saturated rings. The Bertz CT molecular complexity index is 1690. The summed E-state index contributed by atoms with van der Waals surface area (Å²) < 4.78 is 0. The molecule has 54 heavy (non-hydrogen) atoms. The minimum atomic E-state index is -0.940. The predicted molar refractivity (Wildman–Crippen MR) is 242 cm³/mol. The van der Waals surface area contributed by atoms with Crippen LogP contribution in [0.4, 0.5) is 0 Å². The van der Waals surface area contributed by atoms with Crippen molar-refractivity contribution in [2.75, 3.05) is 0 Å². The number of hydrogen-bond donors (Lipinski definition) is 0. The van der Waals surface area contributed by atoms with Gasteiger partial charge in [-0.25, -0.2) is 0 Å². The smallest absolute Gasteiger partial charge is 0.810 e. The van der Waals surface area contributed by atoms with Gasteiger partial charge in [-0.1, -0.05) is 173 Å². The third kappa shape index (κ3) is 12.2. The van der Waals surface area contributed by atoms with Gasteiger partial charge in [-0.2, -0.15) is 12.4 Å². The van der Waals surface area contributed by atoms with Gasteiger partial charge in [0, 0.05) is 11.8 Å². The topological polar surface area (TPSA) is 44.6 Å². The van der Waals surface area contributed by atoms with E-state index in [0.717, 1.165) is 23.6 Å². The molecule has 1 unspecified atom stereocenters. The Kier molecular flexibility index (Phi) is 20.0. The first-order chi connectivity index (χ1) is 25.7. The second-order valence-corrected chi connectivity index (χ2v) is 18.4. The van der Waals surface area contributed by atoms with Gasteiger partial charge in [0.15, 0.2) is 0 Å². The van der Waals surface area contributed by atoms with Gasteiger partial charge in [0.25, 0.3) is 0 Å². The van der Waals surface area contributed by atoms with Crippen molar-refractivity contribution in [3.63, 3.8) is 0 Å². The van der Waals surface area contributed by atoms with Gasteiger partial charge in [0.05, 0.1) is 37.1 Å². The van der Waals surface area contributed by atoms with Crippen LogP contribution in [0.15, 0.2) is 194 Å². The van der Waals surface area contributed by atoms with Crippen molar-refractivity contribution in [2.24, 2.45) is 11.8 Å². The summed E-state index contributed by atoms with van der Waals surface area (Å²) in [7, 11) is -1.88. The third-order valence-electron chi connectivity index (χ3n) is 9.36. The molecule has 0 amide bonds. The Labute approximate surface area is 341 Å². The van der Waals surface area contributed by atoms with Crippen LogP contribution in [0.5, 0.6) is 0 Å². The van der Waals surface area contributed by atoms with Crippen LogP contribution in [-0.4, -0.2) is 23.7 Å². The van der Waals surface area contributed by atoms with Crippen molar-refractivity contribution in [1.82, 2.24) is 0 Å². The summed E-state index contributed by atoms with van der Waals surface area (Å²) in [6, 6.07) is 64.4. The number of rotatable bonds is 8. The molecule has 4 atom stereocenters. The minimum absolute atomic E-state index is 0.